The van der Waals surface area contributed by atoms with E-state index >= 15 is 0 Å². The molecular weight excluding hydrogens is 272 g/mol. The molecule has 0 radical (unpaired) electrons. The molecule has 80 valence electrons. The molecule has 15 heavy (non-hydrogen) atoms. The van der Waals surface area contributed by atoms with Gasteiger partial charge in [0.05, 0.1) is 4.83 Å². The minimum absolute atomic E-state index is 0.369. The molecule has 0 spiro atoms. The van der Waals surface area contributed by atoms with Gasteiger partial charge in [0.2, 0.25) is 0 Å². The smallest absolute Gasteiger partial charge is 0.107 e. The van der Waals surface area contributed by atoms with Crippen LogP contribution in [0.15, 0.2) is 24.5 Å². The van der Waals surface area contributed by atoms with Crippen molar-refractivity contribution in [1.29, 1.82) is 0 Å². The summed E-state index contributed by atoms with van der Waals surface area (Å²) in [5.41, 5.74) is 0. The normalized spacial score (nSPS) is 12.9. The summed E-state index contributed by atoms with van der Waals surface area (Å²) in [6.07, 6.45) is 5.68. The highest BCUT2D eigenvalue weighted by Gasteiger charge is 2.11. The van der Waals surface area contributed by atoms with Crippen molar-refractivity contribution in [3.63, 3.8) is 0 Å². The largest absolute Gasteiger partial charge is 0.349 e. The molecule has 0 aliphatic heterocycles. The number of nitrogens with one attached hydrogen (secondary N) is 1. The molecule has 0 aromatic carbocycles. The Hall–Kier alpha value is -0.610. The number of hydrogen-bond acceptors (Lipinski definition) is 2. The zero-order chi connectivity index (χ0) is 10.7. The van der Waals surface area contributed by atoms with Crippen LogP contribution in [0.2, 0.25) is 0 Å². The standard InChI is InChI=1S/C11H13BrN2S/c1-2-8-3-4-10(15-8)9(12)7-11-13-5-6-14-11/h3-6,9H,2,7H2,1H3,(H,13,14). The van der Waals surface area contributed by atoms with Crippen LogP contribution >= 0.6 is 27.3 Å². The van der Waals surface area contributed by atoms with Gasteiger partial charge in [-0.1, -0.05) is 22.9 Å². The maximum atomic E-state index is 4.23. The number of H-pyrrole nitrogens is 1. The Kier molecular flexibility index (Phi) is 3.59. The van der Waals surface area contributed by atoms with Gasteiger partial charge in [-0.3, -0.25) is 0 Å². The Labute approximate surface area is 102 Å². The van der Waals surface area contributed by atoms with E-state index in [1.165, 1.54) is 9.75 Å². The van der Waals surface area contributed by atoms with Crippen molar-refractivity contribution in [2.24, 2.45) is 0 Å². The molecule has 0 fully saturated rings. The molecule has 0 aliphatic rings. The average molecular weight is 285 g/mol. The molecule has 0 amide bonds. The van der Waals surface area contributed by atoms with Gasteiger partial charge < -0.3 is 4.98 Å². The summed E-state index contributed by atoms with van der Waals surface area (Å²) in [7, 11) is 0. The van der Waals surface area contributed by atoms with Gasteiger partial charge in [0.25, 0.3) is 0 Å². The van der Waals surface area contributed by atoms with Gasteiger partial charge in [0.1, 0.15) is 5.82 Å². The third-order valence-electron chi connectivity index (χ3n) is 2.27. The second kappa shape index (κ2) is 4.94. The van der Waals surface area contributed by atoms with E-state index in [0.29, 0.717) is 4.83 Å². The summed E-state index contributed by atoms with van der Waals surface area (Å²) in [4.78, 5) is 10.5. The number of aromatic nitrogens is 2. The SMILES string of the molecule is CCc1ccc(C(Br)Cc2ncc[nH]2)s1. The van der Waals surface area contributed by atoms with Crippen molar-refractivity contribution in [2.45, 2.75) is 24.6 Å². The van der Waals surface area contributed by atoms with E-state index in [9.17, 15) is 0 Å². The van der Waals surface area contributed by atoms with Crippen molar-refractivity contribution in [1.82, 2.24) is 9.97 Å². The molecule has 1 atom stereocenters. The topological polar surface area (TPSA) is 28.7 Å². The number of aromatic amines is 1. The molecule has 1 N–H and O–H groups in total. The highest BCUT2D eigenvalue weighted by atomic mass is 79.9. The highest BCUT2D eigenvalue weighted by Crippen LogP contribution is 2.31. The maximum absolute atomic E-state index is 4.23. The second-order valence-corrected chi connectivity index (χ2v) is 5.67. The molecular formula is C11H13BrN2S. The number of imidazole rings is 1. The second-order valence-electron chi connectivity index (χ2n) is 3.37. The summed E-state index contributed by atoms with van der Waals surface area (Å²) in [6, 6.07) is 4.41. The van der Waals surface area contributed by atoms with E-state index in [4.69, 9.17) is 0 Å². The van der Waals surface area contributed by atoms with Crippen molar-refractivity contribution in [3.05, 3.63) is 40.1 Å². The fourth-order valence-corrected chi connectivity index (χ4v) is 3.10. The lowest BCUT2D eigenvalue weighted by molar-refractivity contribution is 0.889. The first-order chi connectivity index (χ1) is 7.29. The number of hydrogen-bond donors (Lipinski definition) is 1. The summed E-state index contributed by atoms with van der Waals surface area (Å²) >= 11 is 5.57. The van der Waals surface area contributed by atoms with Gasteiger partial charge in [0.15, 0.2) is 0 Å². The van der Waals surface area contributed by atoms with Gasteiger partial charge in [0, 0.05) is 28.6 Å². The van der Waals surface area contributed by atoms with Crippen LogP contribution in [0.1, 0.15) is 27.3 Å². The third-order valence-corrected chi connectivity index (χ3v) is 4.73. The number of nitrogens with zero attached hydrogens (tertiary/aromatic N) is 1. The Balaban J connectivity index is 2.04. The lowest BCUT2D eigenvalue weighted by atomic mass is 10.2. The van der Waals surface area contributed by atoms with Gasteiger partial charge in [-0.25, -0.2) is 4.98 Å². The summed E-state index contributed by atoms with van der Waals surface area (Å²) in [5.74, 6) is 1.03. The van der Waals surface area contributed by atoms with Crippen LogP contribution < -0.4 is 0 Å². The van der Waals surface area contributed by atoms with Gasteiger partial charge in [-0.2, -0.15) is 0 Å². The first-order valence-corrected chi connectivity index (χ1v) is 6.73. The summed E-state index contributed by atoms with van der Waals surface area (Å²) in [5, 5.41) is 0. The molecule has 0 aliphatic carbocycles. The van der Waals surface area contributed by atoms with E-state index in [-0.39, 0.29) is 0 Å². The molecule has 2 rings (SSSR count). The molecule has 2 aromatic rings. The number of alkyl halides is 1. The minimum atomic E-state index is 0.369. The van der Waals surface area contributed by atoms with E-state index < -0.39 is 0 Å². The lowest BCUT2D eigenvalue weighted by Gasteiger charge is -2.04. The third kappa shape index (κ3) is 2.69. The first kappa shape index (κ1) is 10.9. The molecule has 4 heteroatoms. The monoisotopic (exact) mass is 284 g/mol. The lowest BCUT2D eigenvalue weighted by Crippen LogP contribution is -1.94. The number of thiophene rings is 1. The minimum Gasteiger partial charge on any atom is -0.349 e. The van der Waals surface area contributed by atoms with Crippen LogP contribution in [0.3, 0.4) is 0 Å². The average Bonchev–Trinajstić information content (AvgIpc) is 2.86. The van der Waals surface area contributed by atoms with E-state index in [1.807, 2.05) is 17.5 Å². The predicted octanol–water partition coefficient (Wildman–Crippen LogP) is 3.71. The Morgan fingerprint density at radius 3 is 3.00 bits per heavy atom. The van der Waals surface area contributed by atoms with Crippen molar-refractivity contribution in [2.75, 3.05) is 0 Å². The van der Waals surface area contributed by atoms with Gasteiger partial charge >= 0.3 is 0 Å². The van der Waals surface area contributed by atoms with Crippen LogP contribution in [0.4, 0.5) is 0 Å². The van der Waals surface area contributed by atoms with Crippen LogP contribution in [0.5, 0.6) is 0 Å². The number of rotatable bonds is 4. The molecule has 2 nitrogen and oxygen atoms in total. The zero-order valence-corrected chi connectivity index (χ0v) is 10.9. The Morgan fingerprint density at radius 1 is 1.53 bits per heavy atom. The van der Waals surface area contributed by atoms with Crippen molar-refractivity contribution < 1.29 is 0 Å². The van der Waals surface area contributed by atoms with Crippen LogP contribution in [-0.2, 0) is 12.8 Å². The van der Waals surface area contributed by atoms with E-state index in [0.717, 1.165) is 18.7 Å². The quantitative estimate of drug-likeness (QED) is 0.852. The molecule has 0 bridgehead atoms. The molecule has 0 saturated heterocycles. The van der Waals surface area contributed by atoms with E-state index in [2.05, 4.69) is 45.0 Å². The van der Waals surface area contributed by atoms with Crippen molar-refractivity contribution in [3.8, 4) is 0 Å². The summed E-state index contributed by atoms with van der Waals surface area (Å²) < 4.78 is 0. The van der Waals surface area contributed by atoms with Crippen LogP contribution in [0.25, 0.3) is 0 Å². The van der Waals surface area contributed by atoms with Gasteiger partial charge in [-0.05, 0) is 18.6 Å². The van der Waals surface area contributed by atoms with E-state index in [1.54, 1.807) is 6.20 Å². The van der Waals surface area contributed by atoms with Gasteiger partial charge in [-0.15, -0.1) is 11.3 Å². The number of aryl methyl sites for hydroxylation is 1. The summed E-state index contributed by atoms with van der Waals surface area (Å²) in [6.45, 7) is 2.19. The van der Waals surface area contributed by atoms with Crippen molar-refractivity contribution >= 4 is 27.3 Å². The van der Waals surface area contributed by atoms with Crippen LogP contribution in [0, 0.1) is 0 Å². The molecule has 2 aromatic heterocycles. The Morgan fingerprint density at radius 2 is 2.40 bits per heavy atom. The zero-order valence-electron chi connectivity index (χ0n) is 8.53. The molecule has 0 saturated carbocycles. The Bertz CT molecular complexity index is 408. The fourth-order valence-electron chi connectivity index (χ4n) is 1.43. The molecule has 2 heterocycles. The predicted molar refractivity (Wildman–Crippen MR) is 67.7 cm³/mol. The molecule has 1 unspecified atom stereocenters. The number of halogens is 1. The van der Waals surface area contributed by atoms with Crippen LogP contribution in [-0.4, -0.2) is 9.97 Å². The fraction of sp³-hybridized carbons (Fsp3) is 0.364. The highest BCUT2D eigenvalue weighted by molar-refractivity contribution is 9.09. The first-order valence-electron chi connectivity index (χ1n) is 5.00. The maximum Gasteiger partial charge on any atom is 0.107 e.